The van der Waals surface area contributed by atoms with Crippen LogP contribution in [0.3, 0.4) is 0 Å². The van der Waals surface area contributed by atoms with Crippen molar-refractivity contribution in [1.29, 1.82) is 0 Å². The highest BCUT2D eigenvalue weighted by molar-refractivity contribution is 6.13. The third-order valence-electron chi connectivity index (χ3n) is 1.51. The van der Waals surface area contributed by atoms with Gasteiger partial charge in [-0.1, -0.05) is 0 Å². The highest BCUT2D eigenvalue weighted by Gasteiger charge is 2.34. The van der Waals surface area contributed by atoms with E-state index < -0.39 is 11.7 Å². The Bertz CT molecular complexity index is 291. The van der Waals surface area contributed by atoms with E-state index in [1.807, 2.05) is 0 Å². The highest BCUT2D eigenvalue weighted by Crippen LogP contribution is 2.42. The topological polar surface area (TPSA) is 40.5 Å². The van der Waals surface area contributed by atoms with Crippen molar-refractivity contribution in [2.75, 3.05) is 0 Å². The van der Waals surface area contributed by atoms with Crippen LogP contribution < -0.4 is 0 Å². The van der Waals surface area contributed by atoms with E-state index in [9.17, 15) is 13.2 Å². The first-order valence-electron chi connectivity index (χ1n) is 3.32. The van der Waals surface area contributed by atoms with Gasteiger partial charge in [0.2, 0.25) is 0 Å². The van der Waals surface area contributed by atoms with Gasteiger partial charge in [0.1, 0.15) is 0 Å². The van der Waals surface area contributed by atoms with E-state index in [-0.39, 0.29) is 7.69 Å². The second kappa shape index (κ2) is 3.39. The summed E-state index contributed by atoms with van der Waals surface area (Å²) in [6.45, 7) is 0. The summed E-state index contributed by atoms with van der Waals surface area (Å²) >= 11 is 0. The molecule has 2 N–H and O–H groups in total. The maximum absolute atomic E-state index is 11.8. The average Bonchev–Trinajstić information content (AvgIpc) is 2.58. The summed E-state index contributed by atoms with van der Waals surface area (Å²) in [5.74, 6) is 0. The minimum absolute atomic E-state index is 0. The number of alkyl halides is 3. The number of benzene rings is 1. The van der Waals surface area contributed by atoms with Gasteiger partial charge in [0, 0.05) is 0 Å². The fourth-order valence-corrected chi connectivity index (χ4v) is 0.922. The largest absolute Gasteiger partial charge is 0.482 e. The van der Waals surface area contributed by atoms with Crippen molar-refractivity contribution < 1.29 is 23.2 Å². The van der Waals surface area contributed by atoms with E-state index >= 15 is 0 Å². The van der Waals surface area contributed by atoms with Crippen molar-refractivity contribution in [3.05, 3.63) is 23.8 Å². The summed E-state index contributed by atoms with van der Waals surface area (Å²) in [6.07, 6.45) is -4.17. The molecule has 6 heteroatoms. The summed E-state index contributed by atoms with van der Waals surface area (Å²) < 4.78 is 35.4. The van der Waals surface area contributed by atoms with E-state index in [0.717, 1.165) is 23.3 Å². The van der Waals surface area contributed by atoms with E-state index in [2.05, 4.69) is 0 Å². The Labute approximate surface area is 72.9 Å². The van der Waals surface area contributed by atoms with E-state index in [1.165, 1.54) is 0 Å². The quantitative estimate of drug-likeness (QED) is 0.611. The lowest BCUT2D eigenvalue weighted by atomic mass is 10.3. The normalized spacial score (nSPS) is 11.5. The van der Waals surface area contributed by atoms with E-state index in [0.29, 0.717) is 0 Å². The van der Waals surface area contributed by atoms with Crippen LogP contribution in [-0.4, -0.2) is 17.7 Å². The minimum Gasteiger partial charge on any atom is -0.429 e. The molecule has 0 saturated carbocycles. The molecule has 0 bridgehead atoms. The Morgan fingerprint density at radius 1 is 1.00 bits per heavy atom. The van der Waals surface area contributed by atoms with Crippen LogP contribution in [0.2, 0.25) is 0 Å². The molecule has 0 unspecified atom stereocenters. The first-order valence-corrected chi connectivity index (χ1v) is 3.32. The number of fused-ring (bicyclic) bond motifs is 1. The molecule has 2 aliphatic carbocycles. The third kappa shape index (κ3) is 2.47. The molecule has 2 rings (SSSR count). The highest BCUT2D eigenvalue weighted by atomic mass is 19.4. The van der Waals surface area contributed by atoms with Gasteiger partial charge in [-0.05, 0) is 29.3 Å². The van der Waals surface area contributed by atoms with Crippen LogP contribution in [0, 0.1) is 0 Å². The molecule has 0 atom stereocenters. The zero-order chi connectivity index (χ0) is 10.1. The van der Waals surface area contributed by atoms with Crippen LogP contribution in [0.25, 0.3) is 11.1 Å². The maximum atomic E-state index is 11.8. The molecule has 13 heavy (non-hydrogen) atoms. The molecule has 0 amide bonds. The van der Waals surface area contributed by atoms with Crippen molar-refractivity contribution in [3.63, 3.8) is 0 Å². The standard InChI is InChI=1S/C7H3F3.BH2O2/c8-7(9,10)6-2-4-1-5(4)3-6;2-1-3/h1-3H;2-3H. The predicted molar refractivity (Wildman–Crippen MR) is 40.6 cm³/mol. The summed E-state index contributed by atoms with van der Waals surface area (Å²) in [4.78, 5) is 0. The molecule has 0 aliphatic heterocycles. The molecule has 0 aromatic carbocycles. The van der Waals surface area contributed by atoms with Gasteiger partial charge in [-0.2, -0.15) is 13.2 Å². The van der Waals surface area contributed by atoms with Crippen molar-refractivity contribution in [3.8, 4) is 11.1 Å². The van der Waals surface area contributed by atoms with E-state index in [4.69, 9.17) is 10.0 Å². The Hall–Kier alpha value is -1.01. The summed E-state index contributed by atoms with van der Waals surface area (Å²) in [7, 11) is 0. The Morgan fingerprint density at radius 3 is 1.62 bits per heavy atom. The lowest BCUT2D eigenvalue weighted by Crippen LogP contribution is -2.01. The van der Waals surface area contributed by atoms with Crippen molar-refractivity contribution in [2.45, 2.75) is 6.18 Å². The van der Waals surface area contributed by atoms with Crippen molar-refractivity contribution in [1.82, 2.24) is 0 Å². The molecule has 0 fully saturated rings. The van der Waals surface area contributed by atoms with Crippen LogP contribution in [-0.2, 0) is 6.18 Å². The Kier molecular flexibility index (Phi) is 2.63. The maximum Gasteiger partial charge on any atom is 0.482 e. The van der Waals surface area contributed by atoms with Gasteiger partial charge < -0.3 is 10.0 Å². The molecule has 0 aromatic heterocycles. The first kappa shape index (κ1) is 10.1. The summed E-state index contributed by atoms with van der Waals surface area (Å²) in [5.41, 5.74) is 0.930. The molecule has 1 radical (unpaired) electrons. The fourth-order valence-electron chi connectivity index (χ4n) is 0.922. The molecule has 0 heterocycles. The molecule has 2 aliphatic rings. The van der Waals surface area contributed by atoms with Crippen molar-refractivity contribution in [2.24, 2.45) is 0 Å². The molecular weight excluding hydrogens is 184 g/mol. The van der Waals surface area contributed by atoms with Gasteiger partial charge in [-0.3, -0.25) is 0 Å². The van der Waals surface area contributed by atoms with Gasteiger partial charge in [-0.15, -0.1) is 0 Å². The predicted octanol–water partition coefficient (Wildman–Crippen LogP) is 1.19. The van der Waals surface area contributed by atoms with Crippen LogP contribution in [0.15, 0.2) is 18.2 Å². The van der Waals surface area contributed by atoms with Gasteiger partial charge in [0.15, 0.2) is 0 Å². The molecule has 69 valence electrons. The van der Waals surface area contributed by atoms with Gasteiger partial charge in [0.05, 0.1) is 5.56 Å². The SMILES string of the molecule is FC(F)(F)c1cc2cc-2c1.O[B]O. The van der Waals surface area contributed by atoms with Gasteiger partial charge >= 0.3 is 13.9 Å². The zero-order valence-corrected chi connectivity index (χ0v) is 6.34. The average molecular weight is 189 g/mol. The lowest BCUT2D eigenvalue weighted by molar-refractivity contribution is -0.137. The smallest absolute Gasteiger partial charge is 0.429 e. The summed E-state index contributed by atoms with van der Waals surface area (Å²) in [6, 6.07) is 4.04. The number of hydrogen-bond donors (Lipinski definition) is 2. The second-order valence-corrected chi connectivity index (χ2v) is 2.41. The number of hydrogen-bond acceptors (Lipinski definition) is 2. The second-order valence-electron chi connectivity index (χ2n) is 2.41. The third-order valence-corrected chi connectivity index (χ3v) is 1.51. The Morgan fingerprint density at radius 2 is 1.38 bits per heavy atom. The molecule has 0 saturated heterocycles. The van der Waals surface area contributed by atoms with Crippen LogP contribution >= 0.6 is 0 Å². The molecule has 0 aromatic rings. The summed E-state index contributed by atoms with van der Waals surface area (Å²) in [5, 5.41) is 14.0. The lowest BCUT2D eigenvalue weighted by Gasteiger charge is -2.00. The minimum atomic E-state index is -4.17. The molecular formula is C7H5BF3O2. The fraction of sp³-hybridized carbons (Fsp3) is 0.143. The molecule has 2 nitrogen and oxygen atoms in total. The number of rotatable bonds is 0. The Balaban J connectivity index is 0.000000251. The van der Waals surface area contributed by atoms with Crippen LogP contribution in [0.4, 0.5) is 13.2 Å². The number of halogens is 3. The van der Waals surface area contributed by atoms with Gasteiger partial charge in [-0.25, -0.2) is 0 Å². The molecule has 0 spiro atoms. The van der Waals surface area contributed by atoms with Gasteiger partial charge in [0.25, 0.3) is 0 Å². The monoisotopic (exact) mass is 189 g/mol. The van der Waals surface area contributed by atoms with Crippen LogP contribution in [0.1, 0.15) is 5.56 Å². The first-order chi connectivity index (χ1) is 5.99. The van der Waals surface area contributed by atoms with Crippen molar-refractivity contribution >= 4 is 7.69 Å². The zero-order valence-electron chi connectivity index (χ0n) is 6.34. The van der Waals surface area contributed by atoms with Crippen LogP contribution in [0.5, 0.6) is 0 Å². The van der Waals surface area contributed by atoms with E-state index in [1.54, 1.807) is 6.07 Å².